The first-order chi connectivity index (χ1) is 19.4. The van der Waals surface area contributed by atoms with Crippen molar-refractivity contribution in [2.24, 2.45) is 5.73 Å². The van der Waals surface area contributed by atoms with Gasteiger partial charge in [-0.2, -0.15) is 5.26 Å². The van der Waals surface area contributed by atoms with Gasteiger partial charge in [-0.15, -0.1) is 0 Å². The standard InChI is InChI=1S/C32H22ClFN2O4/c33-27-7-3-1-5-20(27)11-16-30(37)39-24-14-15-25-29(17-24)40-32(36)26(18-35)31(25)21-9-12-23(13-10-21)38-19-22-6-2-4-8-28(22)34/h1-17,31H,19,36H2/b16-11+. The van der Waals surface area contributed by atoms with E-state index in [1.165, 1.54) is 12.1 Å². The Labute approximate surface area is 235 Å². The van der Waals surface area contributed by atoms with Gasteiger partial charge in [0, 0.05) is 28.3 Å². The minimum Gasteiger partial charge on any atom is -0.489 e. The number of fused-ring (bicyclic) bond motifs is 1. The molecular weight excluding hydrogens is 531 g/mol. The van der Waals surface area contributed by atoms with E-state index in [-0.39, 0.29) is 29.6 Å². The maximum Gasteiger partial charge on any atom is 0.336 e. The number of nitrogens with two attached hydrogens (primary N) is 1. The third kappa shape index (κ3) is 5.83. The lowest BCUT2D eigenvalue weighted by molar-refractivity contribution is -0.128. The van der Waals surface area contributed by atoms with Gasteiger partial charge in [0.1, 0.15) is 41.3 Å². The Morgan fingerprint density at radius 3 is 2.50 bits per heavy atom. The fourth-order valence-corrected chi connectivity index (χ4v) is 4.49. The molecule has 0 saturated heterocycles. The Bertz CT molecular complexity index is 1680. The number of nitriles is 1. The summed E-state index contributed by atoms with van der Waals surface area (Å²) in [5.41, 5.74) is 8.94. The summed E-state index contributed by atoms with van der Waals surface area (Å²) < 4.78 is 30.8. The quantitative estimate of drug-likeness (QED) is 0.152. The lowest BCUT2D eigenvalue weighted by Gasteiger charge is -2.26. The molecular formula is C32H22ClFN2O4. The highest BCUT2D eigenvalue weighted by atomic mass is 35.5. The molecule has 4 aromatic rings. The number of nitrogens with zero attached hydrogens (tertiary/aromatic N) is 1. The minimum atomic E-state index is -0.598. The van der Waals surface area contributed by atoms with E-state index in [0.717, 1.165) is 5.56 Å². The topological polar surface area (TPSA) is 94.6 Å². The third-order valence-electron chi connectivity index (χ3n) is 6.28. The summed E-state index contributed by atoms with van der Waals surface area (Å²) in [6.45, 7) is 0.0808. The zero-order chi connectivity index (χ0) is 28.1. The van der Waals surface area contributed by atoms with Crippen LogP contribution in [0.1, 0.15) is 28.2 Å². The van der Waals surface area contributed by atoms with Crippen molar-refractivity contribution in [2.45, 2.75) is 12.5 Å². The van der Waals surface area contributed by atoms with E-state index >= 15 is 0 Å². The number of benzene rings is 4. The first kappa shape index (κ1) is 26.5. The second kappa shape index (κ2) is 11.8. The molecule has 0 aromatic heterocycles. The SMILES string of the molecule is N#CC1=C(N)Oc2cc(OC(=O)/C=C/c3ccccc3Cl)ccc2C1c1ccc(OCc2ccccc2F)cc1. The van der Waals surface area contributed by atoms with Crippen LogP contribution in [0.4, 0.5) is 4.39 Å². The van der Waals surface area contributed by atoms with E-state index in [9.17, 15) is 14.4 Å². The molecule has 4 aromatic carbocycles. The number of carbonyl (C=O) groups excluding carboxylic acids is 1. The van der Waals surface area contributed by atoms with Gasteiger partial charge in [0.05, 0.1) is 5.92 Å². The highest BCUT2D eigenvalue weighted by molar-refractivity contribution is 6.32. The molecule has 1 atom stereocenters. The van der Waals surface area contributed by atoms with Crippen molar-refractivity contribution in [3.05, 3.63) is 142 Å². The lowest BCUT2D eigenvalue weighted by Crippen LogP contribution is -2.21. The van der Waals surface area contributed by atoms with Crippen LogP contribution in [0.2, 0.25) is 5.02 Å². The number of hydrogen-bond acceptors (Lipinski definition) is 6. The molecule has 0 aliphatic carbocycles. The fraction of sp³-hybridized carbons (Fsp3) is 0.0625. The van der Waals surface area contributed by atoms with E-state index in [4.69, 9.17) is 31.5 Å². The number of rotatable bonds is 7. The van der Waals surface area contributed by atoms with Gasteiger partial charge in [-0.3, -0.25) is 0 Å². The average molecular weight is 553 g/mol. The molecule has 2 N–H and O–H groups in total. The Morgan fingerprint density at radius 2 is 1.75 bits per heavy atom. The van der Waals surface area contributed by atoms with Gasteiger partial charge >= 0.3 is 5.97 Å². The molecule has 0 amide bonds. The molecule has 1 unspecified atom stereocenters. The van der Waals surface area contributed by atoms with Gasteiger partial charge in [-0.05, 0) is 47.5 Å². The predicted molar refractivity (Wildman–Crippen MR) is 149 cm³/mol. The van der Waals surface area contributed by atoms with E-state index in [1.807, 2.05) is 18.2 Å². The van der Waals surface area contributed by atoms with Crippen LogP contribution in [0.25, 0.3) is 6.08 Å². The zero-order valence-corrected chi connectivity index (χ0v) is 21.8. The summed E-state index contributed by atoms with van der Waals surface area (Å²) in [5, 5.41) is 10.4. The monoisotopic (exact) mass is 552 g/mol. The van der Waals surface area contributed by atoms with Crippen molar-refractivity contribution in [3.63, 3.8) is 0 Å². The van der Waals surface area contributed by atoms with Gasteiger partial charge in [0.15, 0.2) is 0 Å². The predicted octanol–water partition coefficient (Wildman–Crippen LogP) is 6.90. The van der Waals surface area contributed by atoms with Crippen LogP contribution in [-0.2, 0) is 11.4 Å². The summed E-state index contributed by atoms with van der Waals surface area (Å²) >= 11 is 6.12. The van der Waals surface area contributed by atoms with Gasteiger partial charge in [-0.25, -0.2) is 9.18 Å². The zero-order valence-electron chi connectivity index (χ0n) is 21.0. The molecule has 198 valence electrons. The highest BCUT2D eigenvalue weighted by Crippen LogP contribution is 2.43. The van der Waals surface area contributed by atoms with Crippen molar-refractivity contribution >= 4 is 23.6 Å². The summed E-state index contributed by atoms with van der Waals surface area (Å²) in [6.07, 6.45) is 2.85. The fourth-order valence-electron chi connectivity index (χ4n) is 4.29. The van der Waals surface area contributed by atoms with E-state index in [1.54, 1.807) is 72.8 Å². The van der Waals surface area contributed by atoms with Gasteiger partial charge < -0.3 is 19.9 Å². The van der Waals surface area contributed by atoms with Crippen LogP contribution in [-0.4, -0.2) is 5.97 Å². The normalized spacial score (nSPS) is 14.3. The largest absolute Gasteiger partial charge is 0.489 e. The second-order valence-corrected chi connectivity index (χ2v) is 9.26. The van der Waals surface area contributed by atoms with Crippen molar-refractivity contribution in [2.75, 3.05) is 0 Å². The van der Waals surface area contributed by atoms with Crippen LogP contribution in [0.3, 0.4) is 0 Å². The molecule has 0 fully saturated rings. The molecule has 8 heteroatoms. The van der Waals surface area contributed by atoms with Gasteiger partial charge in [0.2, 0.25) is 5.88 Å². The number of hydrogen-bond donors (Lipinski definition) is 1. The third-order valence-corrected chi connectivity index (χ3v) is 6.62. The van der Waals surface area contributed by atoms with Crippen molar-refractivity contribution < 1.29 is 23.4 Å². The number of carbonyl (C=O) groups is 1. The Hall–Kier alpha value is -5.06. The molecule has 1 heterocycles. The number of esters is 1. The summed E-state index contributed by atoms with van der Waals surface area (Å²) in [4.78, 5) is 12.4. The highest BCUT2D eigenvalue weighted by Gasteiger charge is 2.31. The van der Waals surface area contributed by atoms with E-state index < -0.39 is 11.9 Å². The molecule has 0 radical (unpaired) electrons. The molecule has 0 bridgehead atoms. The molecule has 0 spiro atoms. The number of ether oxygens (including phenoxy) is 3. The second-order valence-electron chi connectivity index (χ2n) is 8.85. The van der Waals surface area contributed by atoms with Gasteiger partial charge in [0.25, 0.3) is 0 Å². The smallest absolute Gasteiger partial charge is 0.336 e. The number of halogens is 2. The summed E-state index contributed by atoms with van der Waals surface area (Å²) in [7, 11) is 0. The Balaban J connectivity index is 1.34. The molecule has 0 saturated carbocycles. The minimum absolute atomic E-state index is 0.0398. The Morgan fingerprint density at radius 1 is 1.02 bits per heavy atom. The first-order valence-electron chi connectivity index (χ1n) is 12.2. The Kier molecular flexibility index (Phi) is 7.81. The van der Waals surface area contributed by atoms with Crippen LogP contribution < -0.4 is 19.9 Å². The van der Waals surface area contributed by atoms with Crippen molar-refractivity contribution in [1.29, 1.82) is 5.26 Å². The average Bonchev–Trinajstić information content (AvgIpc) is 2.96. The molecule has 6 nitrogen and oxygen atoms in total. The number of allylic oxidation sites excluding steroid dienone is 1. The van der Waals surface area contributed by atoms with Crippen molar-refractivity contribution in [1.82, 2.24) is 0 Å². The van der Waals surface area contributed by atoms with Crippen LogP contribution in [0.15, 0.2) is 109 Å². The van der Waals surface area contributed by atoms with E-state index in [0.29, 0.717) is 33.2 Å². The van der Waals surface area contributed by atoms with Crippen molar-refractivity contribution in [3.8, 4) is 23.3 Å². The van der Waals surface area contributed by atoms with Crippen LogP contribution in [0.5, 0.6) is 17.2 Å². The maximum atomic E-state index is 13.9. The molecule has 5 rings (SSSR count). The first-order valence-corrected chi connectivity index (χ1v) is 12.6. The summed E-state index contributed by atoms with van der Waals surface area (Å²) in [6, 6.07) is 27.7. The van der Waals surface area contributed by atoms with E-state index in [2.05, 4.69) is 6.07 Å². The summed E-state index contributed by atoms with van der Waals surface area (Å²) in [5.74, 6) is -0.334. The molecule has 40 heavy (non-hydrogen) atoms. The van der Waals surface area contributed by atoms with Crippen LogP contribution >= 0.6 is 11.6 Å². The lowest BCUT2D eigenvalue weighted by atomic mass is 9.83. The van der Waals surface area contributed by atoms with Crippen LogP contribution in [0, 0.1) is 17.1 Å². The molecule has 1 aliphatic heterocycles. The van der Waals surface area contributed by atoms with Gasteiger partial charge in [-0.1, -0.05) is 66.2 Å². The maximum absolute atomic E-state index is 13.9. The molecule has 1 aliphatic rings.